The Labute approximate surface area is 188 Å². The second-order valence-electron chi connectivity index (χ2n) is 9.28. The monoisotopic (exact) mass is 446 g/mol. The highest BCUT2D eigenvalue weighted by Crippen LogP contribution is 2.33. The number of likely N-dealkylation sites (tertiary alicyclic amines) is 1. The van der Waals surface area contributed by atoms with Crippen molar-refractivity contribution in [3.05, 3.63) is 18.3 Å². The Morgan fingerprint density at radius 1 is 1.25 bits per heavy atom. The fourth-order valence-corrected chi connectivity index (χ4v) is 4.74. The molecule has 4 N–H and O–H groups in total. The lowest BCUT2D eigenvalue weighted by Gasteiger charge is -2.45. The van der Waals surface area contributed by atoms with E-state index in [-0.39, 0.29) is 23.8 Å². The molecule has 0 saturated carbocycles. The lowest BCUT2D eigenvalue weighted by molar-refractivity contribution is -0.152. The Morgan fingerprint density at radius 2 is 1.97 bits per heavy atom. The van der Waals surface area contributed by atoms with E-state index in [1.54, 1.807) is 31.9 Å². The van der Waals surface area contributed by atoms with Gasteiger partial charge in [0.15, 0.2) is 0 Å². The van der Waals surface area contributed by atoms with E-state index in [2.05, 4.69) is 15.2 Å². The third kappa shape index (κ3) is 4.58. The first-order valence-corrected chi connectivity index (χ1v) is 11.1. The van der Waals surface area contributed by atoms with Crippen LogP contribution < -0.4 is 16.0 Å². The van der Waals surface area contributed by atoms with Crippen LogP contribution in [0.2, 0.25) is 0 Å². The van der Waals surface area contributed by atoms with Gasteiger partial charge in [-0.3, -0.25) is 9.59 Å². The van der Waals surface area contributed by atoms with Crippen LogP contribution >= 0.6 is 0 Å². The number of piperazine rings is 1. The predicted octanol–water partition coefficient (Wildman–Crippen LogP) is 1.37. The average Bonchev–Trinajstić information content (AvgIpc) is 3.14. The smallest absolute Gasteiger partial charge is 0.405 e. The quantitative estimate of drug-likeness (QED) is 0.622. The van der Waals surface area contributed by atoms with Crippen LogP contribution in [0.1, 0.15) is 40.5 Å². The van der Waals surface area contributed by atoms with E-state index in [9.17, 15) is 14.4 Å². The molecule has 2 aliphatic rings. The highest BCUT2D eigenvalue weighted by molar-refractivity contribution is 5.94. The molecule has 10 heteroatoms. The van der Waals surface area contributed by atoms with Crippen molar-refractivity contribution in [2.24, 2.45) is 5.92 Å². The largest absolute Gasteiger partial charge is 0.465 e. The summed E-state index contributed by atoms with van der Waals surface area (Å²) < 4.78 is 0. The molecule has 1 aromatic heterocycles. The van der Waals surface area contributed by atoms with E-state index in [0.29, 0.717) is 44.7 Å². The number of rotatable bonds is 5. The van der Waals surface area contributed by atoms with Gasteiger partial charge in [-0.05, 0) is 44.7 Å². The Balaban J connectivity index is 1.73. The second kappa shape index (κ2) is 9.22. The number of carbonyl (C=O) groups excluding carboxylic acids is 2. The molecule has 10 nitrogen and oxygen atoms in total. The molecule has 0 aromatic carbocycles. The minimum absolute atomic E-state index is 0.0510. The van der Waals surface area contributed by atoms with Crippen LogP contribution in [-0.2, 0) is 9.59 Å². The van der Waals surface area contributed by atoms with E-state index in [4.69, 9.17) is 10.8 Å². The number of amides is 3. The second-order valence-corrected chi connectivity index (χ2v) is 9.28. The number of carbonyl (C=O) groups is 3. The standard InChI is InChI=1S/C22H34N6O4/c1-14(2)18(25-21(31)32)19(29)28-9-5-8-22(28,4)20(30)26-10-11-27(15(3)13-26)17-7-6-16(23)12-24-17/h6-7,12,14-15,18,25H,5,8-11,13,23H2,1-4H3,(H,31,32)/t15?,18-,22?/m0/s1. The van der Waals surface area contributed by atoms with Crippen LogP contribution in [0.5, 0.6) is 0 Å². The van der Waals surface area contributed by atoms with Crippen molar-refractivity contribution >= 4 is 29.4 Å². The molecular weight excluding hydrogens is 412 g/mol. The zero-order chi connectivity index (χ0) is 23.6. The van der Waals surface area contributed by atoms with Crippen molar-refractivity contribution in [3.63, 3.8) is 0 Å². The molecule has 2 aliphatic heterocycles. The zero-order valence-electron chi connectivity index (χ0n) is 19.2. The molecule has 32 heavy (non-hydrogen) atoms. The van der Waals surface area contributed by atoms with Gasteiger partial charge in [-0.1, -0.05) is 13.8 Å². The fourth-order valence-electron chi connectivity index (χ4n) is 4.74. The van der Waals surface area contributed by atoms with Crippen LogP contribution in [0.3, 0.4) is 0 Å². The van der Waals surface area contributed by atoms with E-state index in [1.807, 2.05) is 24.0 Å². The molecular formula is C22H34N6O4. The van der Waals surface area contributed by atoms with Gasteiger partial charge in [0, 0.05) is 32.2 Å². The van der Waals surface area contributed by atoms with Crippen LogP contribution in [0.25, 0.3) is 0 Å². The summed E-state index contributed by atoms with van der Waals surface area (Å²) in [5, 5.41) is 11.5. The predicted molar refractivity (Wildman–Crippen MR) is 121 cm³/mol. The van der Waals surface area contributed by atoms with Crippen molar-refractivity contribution in [3.8, 4) is 0 Å². The molecule has 176 valence electrons. The highest BCUT2D eigenvalue weighted by atomic mass is 16.4. The Bertz CT molecular complexity index is 860. The molecule has 3 atom stereocenters. The molecule has 2 fully saturated rings. The van der Waals surface area contributed by atoms with Gasteiger partial charge in [0.2, 0.25) is 11.8 Å². The Kier molecular flexibility index (Phi) is 6.80. The molecule has 3 rings (SSSR count). The number of nitrogens with zero attached hydrogens (tertiary/aromatic N) is 4. The summed E-state index contributed by atoms with van der Waals surface area (Å²) in [6.45, 7) is 9.54. The van der Waals surface area contributed by atoms with Crippen molar-refractivity contribution in [2.45, 2.75) is 58.2 Å². The van der Waals surface area contributed by atoms with E-state index < -0.39 is 17.7 Å². The van der Waals surface area contributed by atoms with Gasteiger partial charge in [0.05, 0.1) is 11.9 Å². The Hall–Kier alpha value is -3.04. The van der Waals surface area contributed by atoms with Gasteiger partial charge in [-0.2, -0.15) is 0 Å². The SMILES string of the molecule is CC(C)[C@H](NC(=O)O)C(=O)N1CCCC1(C)C(=O)N1CCN(c2ccc(N)cn2)C(C)C1. The van der Waals surface area contributed by atoms with Gasteiger partial charge < -0.3 is 30.9 Å². The first-order valence-electron chi connectivity index (χ1n) is 11.1. The molecule has 0 spiro atoms. The number of anilines is 2. The molecule has 0 aliphatic carbocycles. The summed E-state index contributed by atoms with van der Waals surface area (Å²) in [7, 11) is 0. The molecule has 2 saturated heterocycles. The first-order chi connectivity index (χ1) is 15.0. The number of carboxylic acid groups (broad SMARTS) is 1. The minimum atomic E-state index is -1.24. The summed E-state index contributed by atoms with van der Waals surface area (Å²) >= 11 is 0. The summed E-state index contributed by atoms with van der Waals surface area (Å²) in [4.78, 5) is 48.0. The number of hydrogen-bond acceptors (Lipinski definition) is 6. The van der Waals surface area contributed by atoms with Crippen molar-refractivity contribution in [2.75, 3.05) is 36.8 Å². The maximum Gasteiger partial charge on any atom is 0.405 e. The third-order valence-corrected chi connectivity index (χ3v) is 6.56. The number of aromatic nitrogens is 1. The normalized spacial score (nSPS) is 24.5. The summed E-state index contributed by atoms with van der Waals surface area (Å²) in [6, 6.07) is 2.86. The number of nitrogen functional groups attached to an aromatic ring is 1. The molecule has 0 bridgehead atoms. The van der Waals surface area contributed by atoms with E-state index >= 15 is 0 Å². The van der Waals surface area contributed by atoms with Crippen LogP contribution in [0, 0.1) is 5.92 Å². The molecule has 0 radical (unpaired) electrons. The maximum atomic E-state index is 13.6. The van der Waals surface area contributed by atoms with Gasteiger partial charge in [-0.25, -0.2) is 9.78 Å². The van der Waals surface area contributed by atoms with Crippen LogP contribution in [0.15, 0.2) is 18.3 Å². The van der Waals surface area contributed by atoms with Gasteiger partial charge in [-0.15, -0.1) is 0 Å². The highest BCUT2D eigenvalue weighted by Gasteiger charge is 2.50. The van der Waals surface area contributed by atoms with E-state index in [0.717, 1.165) is 5.82 Å². The molecule has 3 heterocycles. The number of hydrogen-bond donors (Lipinski definition) is 3. The van der Waals surface area contributed by atoms with Crippen molar-refractivity contribution < 1.29 is 19.5 Å². The van der Waals surface area contributed by atoms with Gasteiger partial charge >= 0.3 is 6.09 Å². The summed E-state index contributed by atoms with van der Waals surface area (Å²) in [5.74, 6) is 0.170. The third-order valence-electron chi connectivity index (χ3n) is 6.56. The molecule has 1 aromatic rings. The molecule has 2 unspecified atom stereocenters. The molecule has 3 amide bonds. The summed E-state index contributed by atoms with van der Waals surface area (Å²) in [6.07, 6.45) is 1.64. The van der Waals surface area contributed by atoms with Crippen molar-refractivity contribution in [1.29, 1.82) is 0 Å². The fraction of sp³-hybridized carbons (Fsp3) is 0.636. The first kappa shape index (κ1) is 23.6. The maximum absolute atomic E-state index is 13.6. The van der Waals surface area contributed by atoms with Crippen LogP contribution in [-0.4, -0.2) is 81.6 Å². The minimum Gasteiger partial charge on any atom is -0.465 e. The van der Waals surface area contributed by atoms with Gasteiger partial charge in [0.25, 0.3) is 0 Å². The average molecular weight is 447 g/mol. The lowest BCUT2D eigenvalue weighted by atomic mass is 9.93. The Morgan fingerprint density at radius 3 is 2.53 bits per heavy atom. The van der Waals surface area contributed by atoms with E-state index in [1.165, 1.54) is 0 Å². The lowest BCUT2D eigenvalue weighted by Crippen LogP contribution is -2.64. The summed E-state index contributed by atoms with van der Waals surface area (Å²) in [5.41, 5.74) is 5.36. The zero-order valence-corrected chi connectivity index (χ0v) is 19.2. The number of nitrogens with one attached hydrogen (secondary N) is 1. The topological polar surface area (TPSA) is 132 Å². The van der Waals surface area contributed by atoms with Crippen molar-refractivity contribution in [1.82, 2.24) is 20.1 Å². The number of pyridine rings is 1. The van der Waals surface area contributed by atoms with Crippen LogP contribution in [0.4, 0.5) is 16.3 Å². The van der Waals surface area contributed by atoms with Gasteiger partial charge in [0.1, 0.15) is 17.4 Å². The number of nitrogens with two attached hydrogens (primary N) is 1.